The lowest BCUT2D eigenvalue weighted by atomic mass is 9.94. The van der Waals surface area contributed by atoms with Gasteiger partial charge in [-0.3, -0.25) is 4.79 Å². The Kier molecular flexibility index (Phi) is 3.41. The SMILES string of the molecule is O=C(Nc1nnc(-c2ccco2)s1)C1CC=CCC1. The van der Waals surface area contributed by atoms with Crippen LogP contribution in [0.1, 0.15) is 19.3 Å². The van der Waals surface area contributed by atoms with Crippen molar-refractivity contribution < 1.29 is 9.21 Å². The molecule has 0 radical (unpaired) electrons. The zero-order valence-corrected chi connectivity index (χ0v) is 11.0. The number of anilines is 1. The molecule has 0 saturated heterocycles. The summed E-state index contributed by atoms with van der Waals surface area (Å²) >= 11 is 1.32. The minimum atomic E-state index is 0.0199. The number of rotatable bonds is 3. The molecule has 0 aromatic carbocycles. The van der Waals surface area contributed by atoms with Crippen molar-refractivity contribution >= 4 is 22.4 Å². The Labute approximate surface area is 114 Å². The van der Waals surface area contributed by atoms with Gasteiger partial charge in [-0.05, 0) is 31.4 Å². The fraction of sp³-hybridized carbons (Fsp3) is 0.308. The largest absolute Gasteiger partial charge is 0.462 e. The number of hydrogen-bond acceptors (Lipinski definition) is 5. The standard InChI is InChI=1S/C13H13N3O2S/c17-11(9-5-2-1-3-6-9)14-13-16-15-12(19-13)10-7-4-8-18-10/h1-2,4,7-9H,3,5-6H2,(H,14,16,17). The number of amides is 1. The maximum Gasteiger partial charge on any atom is 0.229 e. The second kappa shape index (κ2) is 5.36. The Morgan fingerprint density at radius 1 is 1.42 bits per heavy atom. The first kappa shape index (κ1) is 12.1. The molecule has 5 nitrogen and oxygen atoms in total. The van der Waals surface area contributed by atoms with E-state index in [1.165, 1.54) is 11.3 Å². The van der Waals surface area contributed by atoms with E-state index in [0.717, 1.165) is 19.3 Å². The third-order valence-corrected chi connectivity index (χ3v) is 3.88. The first-order chi connectivity index (χ1) is 9.33. The molecule has 0 bridgehead atoms. The van der Waals surface area contributed by atoms with Gasteiger partial charge in [0.15, 0.2) is 10.8 Å². The van der Waals surface area contributed by atoms with Crippen LogP contribution >= 0.6 is 11.3 Å². The summed E-state index contributed by atoms with van der Waals surface area (Å²) in [4.78, 5) is 12.0. The van der Waals surface area contributed by atoms with Crippen molar-refractivity contribution in [3.63, 3.8) is 0 Å². The van der Waals surface area contributed by atoms with Crippen molar-refractivity contribution in [1.82, 2.24) is 10.2 Å². The van der Waals surface area contributed by atoms with E-state index >= 15 is 0 Å². The van der Waals surface area contributed by atoms with Crippen molar-refractivity contribution in [3.8, 4) is 10.8 Å². The molecule has 0 saturated carbocycles. The van der Waals surface area contributed by atoms with Gasteiger partial charge in [-0.1, -0.05) is 23.5 Å². The normalized spacial score (nSPS) is 18.4. The second-order valence-electron chi connectivity index (χ2n) is 4.36. The smallest absolute Gasteiger partial charge is 0.229 e. The van der Waals surface area contributed by atoms with Gasteiger partial charge in [0, 0.05) is 5.92 Å². The Bertz CT molecular complexity index is 589. The summed E-state index contributed by atoms with van der Waals surface area (Å²) in [5.74, 6) is 0.728. The third-order valence-electron chi connectivity index (χ3n) is 3.03. The summed E-state index contributed by atoms with van der Waals surface area (Å²) < 4.78 is 5.24. The molecule has 98 valence electrons. The highest BCUT2D eigenvalue weighted by molar-refractivity contribution is 7.18. The lowest BCUT2D eigenvalue weighted by Gasteiger charge is -2.15. The average molecular weight is 275 g/mol. The molecule has 0 aliphatic heterocycles. The predicted octanol–water partition coefficient (Wildman–Crippen LogP) is 3.09. The molecule has 1 amide bonds. The number of furan rings is 1. The van der Waals surface area contributed by atoms with E-state index in [1.54, 1.807) is 12.3 Å². The van der Waals surface area contributed by atoms with Gasteiger partial charge in [0.1, 0.15) is 0 Å². The molecule has 1 aliphatic rings. The molecule has 1 unspecified atom stereocenters. The van der Waals surface area contributed by atoms with Gasteiger partial charge in [-0.15, -0.1) is 10.2 Å². The molecular formula is C13H13N3O2S. The van der Waals surface area contributed by atoms with Crippen LogP contribution in [-0.4, -0.2) is 16.1 Å². The summed E-state index contributed by atoms with van der Waals surface area (Å²) in [6.07, 6.45) is 8.42. The van der Waals surface area contributed by atoms with Crippen molar-refractivity contribution in [2.75, 3.05) is 5.32 Å². The Hall–Kier alpha value is -1.95. The van der Waals surface area contributed by atoms with Gasteiger partial charge in [0.2, 0.25) is 11.0 Å². The molecule has 2 aromatic heterocycles. The number of nitrogens with zero attached hydrogens (tertiary/aromatic N) is 2. The van der Waals surface area contributed by atoms with E-state index < -0.39 is 0 Å². The highest BCUT2D eigenvalue weighted by Gasteiger charge is 2.20. The summed E-state index contributed by atoms with van der Waals surface area (Å²) in [5.41, 5.74) is 0. The van der Waals surface area contributed by atoms with Crippen LogP contribution in [0.5, 0.6) is 0 Å². The fourth-order valence-electron chi connectivity index (χ4n) is 2.01. The van der Waals surface area contributed by atoms with Crippen molar-refractivity contribution in [2.24, 2.45) is 5.92 Å². The number of aromatic nitrogens is 2. The molecule has 2 heterocycles. The number of hydrogen-bond donors (Lipinski definition) is 1. The number of allylic oxidation sites excluding steroid dienone is 2. The number of carbonyl (C=O) groups is 1. The van der Waals surface area contributed by atoms with Crippen molar-refractivity contribution in [2.45, 2.75) is 19.3 Å². The summed E-state index contributed by atoms with van der Waals surface area (Å²) in [5, 5.41) is 12.0. The van der Waals surface area contributed by atoms with Crippen LogP contribution in [0.15, 0.2) is 35.0 Å². The highest BCUT2D eigenvalue weighted by Crippen LogP contribution is 2.27. The van der Waals surface area contributed by atoms with E-state index in [-0.39, 0.29) is 11.8 Å². The van der Waals surface area contributed by atoms with Gasteiger partial charge < -0.3 is 9.73 Å². The summed E-state index contributed by atoms with van der Waals surface area (Å²) in [6.45, 7) is 0. The molecular weight excluding hydrogens is 262 g/mol. The van der Waals surface area contributed by atoms with Crippen LogP contribution in [0, 0.1) is 5.92 Å². The number of carbonyl (C=O) groups excluding carboxylic acids is 1. The monoisotopic (exact) mass is 275 g/mol. The molecule has 2 aromatic rings. The molecule has 1 N–H and O–H groups in total. The minimum absolute atomic E-state index is 0.0199. The lowest BCUT2D eigenvalue weighted by Crippen LogP contribution is -2.23. The second-order valence-corrected chi connectivity index (χ2v) is 5.34. The lowest BCUT2D eigenvalue weighted by molar-refractivity contribution is -0.120. The third kappa shape index (κ3) is 2.73. The topological polar surface area (TPSA) is 68.0 Å². The Morgan fingerprint density at radius 3 is 3.11 bits per heavy atom. The minimum Gasteiger partial charge on any atom is -0.462 e. The predicted molar refractivity (Wildman–Crippen MR) is 72.7 cm³/mol. The van der Waals surface area contributed by atoms with Gasteiger partial charge in [-0.25, -0.2) is 0 Å². The average Bonchev–Trinajstić information content (AvgIpc) is 3.10. The zero-order valence-electron chi connectivity index (χ0n) is 10.2. The van der Waals surface area contributed by atoms with Crippen molar-refractivity contribution in [1.29, 1.82) is 0 Å². The van der Waals surface area contributed by atoms with E-state index in [1.807, 2.05) is 6.07 Å². The van der Waals surface area contributed by atoms with Crippen LogP contribution in [0.25, 0.3) is 10.8 Å². The highest BCUT2D eigenvalue weighted by atomic mass is 32.1. The number of nitrogens with one attached hydrogen (secondary N) is 1. The molecule has 0 spiro atoms. The molecule has 6 heteroatoms. The van der Waals surface area contributed by atoms with Gasteiger partial charge in [0.05, 0.1) is 6.26 Å². The van der Waals surface area contributed by atoms with Gasteiger partial charge in [-0.2, -0.15) is 0 Å². The van der Waals surface area contributed by atoms with Crippen molar-refractivity contribution in [3.05, 3.63) is 30.5 Å². The first-order valence-electron chi connectivity index (χ1n) is 6.16. The van der Waals surface area contributed by atoms with E-state index in [2.05, 4.69) is 27.7 Å². The van der Waals surface area contributed by atoms with Crippen LogP contribution in [-0.2, 0) is 4.79 Å². The molecule has 19 heavy (non-hydrogen) atoms. The van der Waals surface area contributed by atoms with Crippen LogP contribution in [0.2, 0.25) is 0 Å². The zero-order chi connectivity index (χ0) is 13.1. The van der Waals surface area contributed by atoms with Crippen LogP contribution in [0.3, 0.4) is 0 Å². The van der Waals surface area contributed by atoms with E-state index in [4.69, 9.17) is 4.42 Å². The molecule has 1 atom stereocenters. The Balaban J connectivity index is 1.67. The Morgan fingerprint density at radius 2 is 2.37 bits per heavy atom. The fourth-order valence-corrected chi connectivity index (χ4v) is 2.73. The van der Waals surface area contributed by atoms with Gasteiger partial charge in [0.25, 0.3) is 0 Å². The quantitative estimate of drug-likeness (QED) is 0.874. The van der Waals surface area contributed by atoms with E-state index in [0.29, 0.717) is 15.9 Å². The summed E-state index contributed by atoms with van der Waals surface area (Å²) in [6, 6.07) is 3.61. The van der Waals surface area contributed by atoms with Crippen LogP contribution in [0.4, 0.5) is 5.13 Å². The summed E-state index contributed by atoms with van der Waals surface area (Å²) in [7, 11) is 0. The molecule has 0 fully saturated rings. The molecule has 3 rings (SSSR count). The molecule has 1 aliphatic carbocycles. The first-order valence-corrected chi connectivity index (χ1v) is 6.98. The van der Waals surface area contributed by atoms with Gasteiger partial charge >= 0.3 is 0 Å². The maximum atomic E-state index is 12.0. The van der Waals surface area contributed by atoms with Crippen LogP contribution < -0.4 is 5.32 Å². The van der Waals surface area contributed by atoms with E-state index in [9.17, 15) is 4.79 Å². The maximum absolute atomic E-state index is 12.0.